The van der Waals surface area contributed by atoms with Crippen LogP contribution in [0.5, 0.6) is 0 Å². The third-order valence-corrected chi connectivity index (χ3v) is 4.43. The van der Waals surface area contributed by atoms with Crippen molar-refractivity contribution in [2.75, 3.05) is 33.4 Å². The Morgan fingerprint density at radius 3 is 2.95 bits per heavy atom. The molecule has 0 bridgehead atoms. The van der Waals surface area contributed by atoms with Crippen molar-refractivity contribution in [3.05, 3.63) is 21.9 Å². The van der Waals surface area contributed by atoms with Gasteiger partial charge in [0.15, 0.2) is 0 Å². The minimum Gasteiger partial charge on any atom is -0.384 e. The maximum Gasteiger partial charge on any atom is 0.104 e. The Labute approximate surface area is 119 Å². The molecule has 0 saturated carbocycles. The van der Waals surface area contributed by atoms with E-state index in [4.69, 9.17) is 9.84 Å². The Hall–Kier alpha value is -0.860. The second-order valence-corrected chi connectivity index (χ2v) is 5.89. The normalized spacial score (nSPS) is 17.2. The van der Waals surface area contributed by atoms with Gasteiger partial charge < -0.3 is 9.84 Å². The van der Waals surface area contributed by atoms with E-state index in [9.17, 15) is 0 Å². The number of thiophene rings is 1. The standard InChI is InChI=1S/C15H21NO2S/c1-18-12-13-4-7-16(8-5-13)11-15-14(3-2-9-17)6-10-19-15/h6,10,13,17H,4-5,7-9,11-12H2,1H3. The van der Waals surface area contributed by atoms with Crippen molar-refractivity contribution in [1.82, 2.24) is 4.90 Å². The van der Waals surface area contributed by atoms with Crippen LogP contribution in [0.15, 0.2) is 11.4 Å². The summed E-state index contributed by atoms with van der Waals surface area (Å²) in [5.74, 6) is 6.48. The van der Waals surface area contributed by atoms with Gasteiger partial charge in [0.1, 0.15) is 6.61 Å². The monoisotopic (exact) mass is 279 g/mol. The first kappa shape index (κ1) is 14.5. The smallest absolute Gasteiger partial charge is 0.104 e. The third-order valence-electron chi connectivity index (χ3n) is 3.52. The minimum atomic E-state index is -0.0717. The number of ether oxygens (including phenoxy) is 1. The van der Waals surface area contributed by atoms with Crippen molar-refractivity contribution < 1.29 is 9.84 Å². The van der Waals surface area contributed by atoms with Gasteiger partial charge >= 0.3 is 0 Å². The Kier molecular flexibility index (Phi) is 5.87. The van der Waals surface area contributed by atoms with Crippen LogP contribution in [0.1, 0.15) is 23.3 Å². The lowest BCUT2D eigenvalue weighted by molar-refractivity contribution is 0.0972. The van der Waals surface area contributed by atoms with Gasteiger partial charge in [0.05, 0.1) is 0 Å². The van der Waals surface area contributed by atoms with E-state index in [1.165, 1.54) is 17.7 Å². The molecule has 19 heavy (non-hydrogen) atoms. The van der Waals surface area contributed by atoms with Crippen LogP contribution in [0.4, 0.5) is 0 Å². The fourth-order valence-corrected chi connectivity index (χ4v) is 3.33. The first-order chi connectivity index (χ1) is 9.33. The minimum absolute atomic E-state index is 0.0717. The summed E-state index contributed by atoms with van der Waals surface area (Å²) < 4.78 is 5.23. The number of methoxy groups -OCH3 is 1. The molecule has 1 aliphatic rings. The van der Waals surface area contributed by atoms with Crippen LogP contribution in [0, 0.1) is 17.8 Å². The van der Waals surface area contributed by atoms with Crippen molar-refractivity contribution in [2.45, 2.75) is 19.4 Å². The van der Waals surface area contributed by atoms with Crippen LogP contribution >= 0.6 is 11.3 Å². The van der Waals surface area contributed by atoms with Crippen LogP contribution in [0.3, 0.4) is 0 Å². The van der Waals surface area contributed by atoms with Crippen LogP contribution in [0.25, 0.3) is 0 Å². The lowest BCUT2D eigenvalue weighted by atomic mass is 9.98. The Morgan fingerprint density at radius 2 is 2.26 bits per heavy atom. The Balaban J connectivity index is 1.87. The molecule has 1 aromatic rings. The summed E-state index contributed by atoms with van der Waals surface area (Å²) in [6.07, 6.45) is 2.44. The predicted molar refractivity (Wildman–Crippen MR) is 78.2 cm³/mol. The lowest BCUT2D eigenvalue weighted by Crippen LogP contribution is -2.34. The number of aliphatic hydroxyl groups excluding tert-OH is 1. The van der Waals surface area contributed by atoms with Gasteiger partial charge in [-0.25, -0.2) is 0 Å². The first-order valence-electron chi connectivity index (χ1n) is 6.71. The van der Waals surface area contributed by atoms with Crippen LogP contribution < -0.4 is 0 Å². The molecular formula is C15H21NO2S. The number of hydrogen-bond donors (Lipinski definition) is 1. The van der Waals surface area contributed by atoms with E-state index in [0.29, 0.717) is 0 Å². The largest absolute Gasteiger partial charge is 0.384 e. The van der Waals surface area contributed by atoms with Gasteiger partial charge in [-0.3, -0.25) is 4.90 Å². The summed E-state index contributed by atoms with van der Waals surface area (Å²) in [5.41, 5.74) is 1.07. The summed E-state index contributed by atoms with van der Waals surface area (Å²) in [7, 11) is 1.78. The highest BCUT2D eigenvalue weighted by atomic mass is 32.1. The molecule has 0 spiro atoms. The van der Waals surface area contributed by atoms with Gasteiger partial charge in [-0.15, -0.1) is 11.3 Å². The van der Waals surface area contributed by atoms with Crippen molar-refractivity contribution in [2.24, 2.45) is 5.92 Å². The average molecular weight is 279 g/mol. The number of rotatable bonds is 4. The van der Waals surface area contributed by atoms with E-state index < -0.39 is 0 Å². The fraction of sp³-hybridized carbons (Fsp3) is 0.600. The van der Waals surface area contributed by atoms with Crippen molar-refractivity contribution >= 4 is 11.3 Å². The molecule has 0 amide bonds. The molecule has 1 N–H and O–H groups in total. The van der Waals surface area contributed by atoms with Crippen molar-refractivity contribution in [3.8, 4) is 11.8 Å². The zero-order chi connectivity index (χ0) is 13.5. The molecule has 3 nitrogen and oxygen atoms in total. The van der Waals surface area contributed by atoms with Gasteiger partial charge in [0.2, 0.25) is 0 Å². The van der Waals surface area contributed by atoms with Crippen LogP contribution in [0.2, 0.25) is 0 Å². The van der Waals surface area contributed by atoms with E-state index in [1.807, 2.05) is 6.07 Å². The Bertz CT molecular complexity index is 438. The fourth-order valence-electron chi connectivity index (χ4n) is 2.46. The molecule has 0 atom stereocenters. The first-order valence-corrected chi connectivity index (χ1v) is 7.59. The molecule has 0 aliphatic carbocycles. The van der Waals surface area contributed by atoms with E-state index in [1.54, 1.807) is 18.4 Å². The number of nitrogens with zero attached hydrogens (tertiary/aromatic N) is 1. The number of hydrogen-bond acceptors (Lipinski definition) is 4. The quantitative estimate of drug-likeness (QED) is 0.855. The van der Waals surface area contributed by atoms with Crippen LogP contribution in [-0.4, -0.2) is 43.4 Å². The van der Waals surface area contributed by atoms with Gasteiger partial charge in [-0.05, 0) is 43.3 Å². The second-order valence-electron chi connectivity index (χ2n) is 4.89. The summed E-state index contributed by atoms with van der Waals surface area (Å²) in [6, 6.07) is 2.04. The SMILES string of the molecule is COCC1CCN(Cc2sccc2C#CCO)CC1. The van der Waals surface area contributed by atoms with E-state index in [0.717, 1.165) is 37.7 Å². The lowest BCUT2D eigenvalue weighted by Gasteiger charge is -2.31. The predicted octanol–water partition coefficient (Wildman–Crippen LogP) is 1.95. The van der Waals surface area contributed by atoms with Crippen molar-refractivity contribution in [1.29, 1.82) is 0 Å². The highest BCUT2D eigenvalue weighted by Crippen LogP contribution is 2.23. The number of likely N-dealkylation sites (tertiary alicyclic amines) is 1. The zero-order valence-electron chi connectivity index (χ0n) is 11.4. The summed E-state index contributed by atoms with van der Waals surface area (Å²) in [5, 5.41) is 10.8. The topological polar surface area (TPSA) is 32.7 Å². The summed E-state index contributed by atoms with van der Waals surface area (Å²) in [6.45, 7) is 4.07. The second kappa shape index (κ2) is 7.66. The molecule has 0 unspecified atom stereocenters. The van der Waals surface area contributed by atoms with Crippen molar-refractivity contribution in [3.63, 3.8) is 0 Å². The van der Waals surface area contributed by atoms with E-state index in [2.05, 4.69) is 22.1 Å². The van der Waals surface area contributed by atoms with Gasteiger partial charge in [0, 0.05) is 30.7 Å². The van der Waals surface area contributed by atoms with E-state index in [-0.39, 0.29) is 6.61 Å². The maximum atomic E-state index is 8.76. The molecule has 0 radical (unpaired) electrons. The molecule has 1 aliphatic heterocycles. The Morgan fingerprint density at radius 1 is 1.47 bits per heavy atom. The highest BCUT2D eigenvalue weighted by molar-refractivity contribution is 7.10. The highest BCUT2D eigenvalue weighted by Gasteiger charge is 2.19. The van der Waals surface area contributed by atoms with Crippen LogP contribution in [-0.2, 0) is 11.3 Å². The number of piperidine rings is 1. The maximum absolute atomic E-state index is 8.76. The molecule has 1 saturated heterocycles. The van der Waals surface area contributed by atoms with Gasteiger partial charge in [-0.2, -0.15) is 0 Å². The molecule has 1 aromatic heterocycles. The molecule has 1 fully saturated rings. The summed E-state index contributed by atoms with van der Waals surface area (Å²) >= 11 is 1.75. The molecular weight excluding hydrogens is 258 g/mol. The van der Waals surface area contributed by atoms with Gasteiger partial charge in [-0.1, -0.05) is 11.8 Å². The molecule has 2 heterocycles. The molecule has 104 valence electrons. The average Bonchev–Trinajstić information content (AvgIpc) is 2.86. The molecule has 2 rings (SSSR count). The van der Waals surface area contributed by atoms with Gasteiger partial charge in [0.25, 0.3) is 0 Å². The third kappa shape index (κ3) is 4.32. The summed E-state index contributed by atoms with van der Waals surface area (Å²) in [4.78, 5) is 3.80. The van der Waals surface area contributed by atoms with E-state index >= 15 is 0 Å². The molecule has 0 aromatic carbocycles. The zero-order valence-corrected chi connectivity index (χ0v) is 12.2. The number of aliphatic hydroxyl groups is 1. The molecule has 4 heteroatoms.